The molecule has 2 saturated heterocycles. The number of benzene rings is 1. The Bertz CT molecular complexity index is 910. The number of hydrogen-bond acceptors (Lipinski definition) is 7. The van der Waals surface area contributed by atoms with Crippen molar-refractivity contribution in [2.24, 2.45) is 0 Å². The van der Waals surface area contributed by atoms with Gasteiger partial charge in [-0.15, -0.1) is 0 Å². The van der Waals surface area contributed by atoms with Gasteiger partial charge in [0.05, 0.1) is 17.1 Å². The highest BCUT2D eigenvalue weighted by Crippen LogP contribution is 2.22. The summed E-state index contributed by atoms with van der Waals surface area (Å²) in [6.07, 6.45) is 0.292. The third kappa shape index (κ3) is 5.31. The fraction of sp³-hybridized carbons (Fsp3) is 0.524. The third-order valence-electron chi connectivity index (χ3n) is 5.44. The zero-order valence-corrected chi connectivity index (χ0v) is 18.7. The Labute approximate surface area is 190 Å². The van der Waals surface area contributed by atoms with Crippen LogP contribution in [0, 0.1) is 0 Å². The third-order valence-corrected chi connectivity index (χ3v) is 5.77. The minimum absolute atomic E-state index is 0.00762. The number of ether oxygens (including phenoxy) is 2. The molecule has 0 aliphatic carbocycles. The second-order valence-electron chi connectivity index (χ2n) is 7.75. The second-order valence-corrected chi connectivity index (χ2v) is 8.16. The Morgan fingerprint density at radius 3 is 2.81 bits per heavy atom. The van der Waals surface area contributed by atoms with Crippen molar-refractivity contribution in [3.8, 4) is 0 Å². The largest absolute Gasteiger partial charge is 0.433 e. The molecule has 2 aliphatic rings. The van der Waals surface area contributed by atoms with Gasteiger partial charge in [-0.3, -0.25) is 19.2 Å². The SMILES string of the molecule is CCO[C@@H]1OC(=O)CC1NC(=O)[C@@H]1CCCN1C(=O)[C@H](C)NC(=O)c1ccc(N)c(Cl)c1. The molecule has 1 aromatic carbocycles. The summed E-state index contributed by atoms with van der Waals surface area (Å²) in [6, 6.07) is 2.28. The Balaban J connectivity index is 1.61. The topological polar surface area (TPSA) is 140 Å². The van der Waals surface area contributed by atoms with Gasteiger partial charge in [0, 0.05) is 18.7 Å². The highest BCUT2D eigenvalue weighted by atomic mass is 35.5. The van der Waals surface area contributed by atoms with Crippen molar-refractivity contribution >= 4 is 41.0 Å². The maximum absolute atomic E-state index is 13.0. The fourth-order valence-electron chi connectivity index (χ4n) is 3.81. The van der Waals surface area contributed by atoms with Gasteiger partial charge in [0.15, 0.2) is 0 Å². The smallest absolute Gasteiger partial charge is 0.310 e. The second kappa shape index (κ2) is 10.2. The van der Waals surface area contributed by atoms with E-state index in [0.717, 1.165) is 0 Å². The van der Waals surface area contributed by atoms with E-state index in [-0.39, 0.29) is 28.8 Å². The lowest BCUT2D eigenvalue weighted by Crippen LogP contribution is -2.54. The van der Waals surface area contributed by atoms with Crippen molar-refractivity contribution in [2.75, 3.05) is 18.9 Å². The Morgan fingerprint density at radius 2 is 2.12 bits per heavy atom. The van der Waals surface area contributed by atoms with E-state index >= 15 is 0 Å². The number of nitrogens with zero attached hydrogens (tertiary/aromatic N) is 1. The van der Waals surface area contributed by atoms with Crippen LogP contribution in [0.15, 0.2) is 18.2 Å². The number of likely N-dealkylation sites (tertiary alicyclic amines) is 1. The maximum atomic E-state index is 13.0. The molecule has 2 fully saturated rings. The van der Waals surface area contributed by atoms with Crippen LogP contribution >= 0.6 is 11.6 Å². The number of anilines is 1. The van der Waals surface area contributed by atoms with Crippen molar-refractivity contribution in [2.45, 2.75) is 57.5 Å². The van der Waals surface area contributed by atoms with Gasteiger partial charge in [-0.05, 0) is 44.9 Å². The van der Waals surface area contributed by atoms with Crippen molar-refractivity contribution in [1.82, 2.24) is 15.5 Å². The van der Waals surface area contributed by atoms with E-state index in [0.29, 0.717) is 31.7 Å². The number of cyclic esters (lactones) is 1. The summed E-state index contributed by atoms with van der Waals surface area (Å²) in [5.41, 5.74) is 6.28. The maximum Gasteiger partial charge on any atom is 0.310 e. The molecule has 0 spiro atoms. The number of halogens is 1. The molecule has 4 atom stereocenters. The Hall–Kier alpha value is -2.85. The van der Waals surface area contributed by atoms with E-state index in [2.05, 4.69) is 10.6 Å². The van der Waals surface area contributed by atoms with Gasteiger partial charge in [-0.1, -0.05) is 11.6 Å². The van der Waals surface area contributed by atoms with Crippen molar-refractivity contribution in [3.63, 3.8) is 0 Å². The summed E-state index contributed by atoms with van der Waals surface area (Å²) in [5.74, 6) is -1.69. The van der Waals surface area contributed by atoms with Crippen LogP contribution in [0.5, 0.6) is 0 Å². The van der Waals surface area contributed by atoms with Gasteiger partial charge in [0.25, 0.3) is 5.91 Å². The lowest BCUT2D eigenvalue weighted by molar-refractivity contribution is -0.164. The minimum atomic E-state index is -0.861. The van der Waals surface area contributed by atoms with Crippen molar-refractivity contribution in [1.29, 1.82) is 0 Å². The van der Waals surface area contributed by atoms with Crippen LogP contribution in [0.2, 0.25) is 5.02 Å². The zero-order valence-electron chi connectivity index (χ0n) is 17.9. The van der Waals surface area contributed by atoms with Crippen LogP contribution in [0.1, 0.15) is 43.5 Å². The molecule has 1 aromatic rings. The average Bonchev–Trinajstić information content (AvgIpc) is 3.36. The number of nitrogens with one attached hydrogen (secondary N) is 2. The minimum Gasteiger partial charge on any atom is -0.433 e. The summed E-state index contributed by atoms with van der Waals surface area (Å²) in [7, 11) is 0. The molecule has 32 heavy (non-hydrogen) atoms. The molecule has 3 rings (SSSR count). The number of hydrogen-bond donors (Lipinski definition) is 3. The summed E-state index contributed by atoms with van der Waals surface area (Å²) >= 11 is 5.96. The molecule has 11 heteroatoms. The lowest BCUT2D eigenvalue weighted by atomic mass is 10.1. The average molecular weight is 467 g/mol. The van der Waals surface area contributed by atoms with E-state index in [9.17, 15) is 19.2 Å². The highest BCUT2D eigenvalue weighted by molar-refractivity contribution is 6.33. The van der Waals surface area contributed by atoms with Crippen LogP contribution in [-0.2, 0) is 23.9 Å². The van der Waals surface area contributed by atoms with Crippen LogP contribution in [0.3, 0.4) is 0 Å². The summed E-state index contributed by atoms with van der Waals surface area (Å²) in [4.78, 5) is 51.4. The van der Waals surface area contributed by atoms with Crippen LogP contribution in [-0.4, -0.2) is 66.2 Å². The highest BCUT2D eigenvalue weighted by Gasteiger charge is 2.41. The van der Waals surface area contributed by atoms with E-state index in [1.807, 2.05) is 0 Å². The quantitative estimate of drug-likeness (QED) is 0.399. The Morgan fingerprint density at radius 1 is 1.38 bits per heavy atom. The van der Waals surface area contributed by atoms with Gasteiger partial charge in [-0.25, -0.2) is 0 Å². The van der Waals surface area contributed by atoms with Crippen LogP contribution in [0.25, 0.3) is 0 Å². The first kappa shape index (κ1) is 23.8. The summed E-state index contributed by atoms with van der Waals surface area (Å²) in [5, 5.41) is 5.65. The molecule has 2 heterocycles. The molecule has 0 radical (unpaired) electrons. The molecule has 2 aliphatic heterocycles. The number of nitrogen functional groups attached to an aromatic ring is 1. The molecule has 4 N–H and O–H groups in total. The molecule has 3 amide bonds. The number of rotatable bonds is 7. The van der Waals surface area contributed by atoms with Crippen molar-refractivity contribution < 1.29 is 28.7 Å². The standard InChI is InChI=1S/C21H27ClN4O6/c1-3-31-21-15(10-17(27)32-21)25-19(29)16-5-4-8-26(16)20(30)11(2)24-18(28)12-6-7-14(23)13(22)9-12/h6-7,9,11,15-16,21H,3-5,8,10,23H2,1-2H3,(H,24,28)(H,25,29)/t11-,15?,16-,21+/m0/s1. The summed E-state index contributed by atoms with van der Waals surface area (Å²) < 4.78 is 10.4. The number of carbonyl (C=O) groups excluding carboxylic acids is 4. The van der Waals surface area contributed by atoms with Crippen LogP contribution in [0.4, 0.5) is 5.69 Å². The van der Waals surface area contributed by atoms with Crippen LogP contribution < -0.4 is 16.4 Å². The van der Waals surface area contributed by atoms with E-state index < -0.39 is 36.3 Å². The summed E-state index contributed by atoms with van der Waals surface area (Å²) in [6.45, 7) is 4.03. The number of esters is 1. The molecule has 0 saturated carbocycles. The van der Waals surface area contributed by atoms with E-state index in [1.54, 1.807) is 13.8 Å². The molecular formula is C21H27ClN4O6. The molecule has 1 unspecified atom stereocenters. The first-order chi connectivity index (χ1) is 15.2. The predicted octanol–water partition coefficient (Wildman–Crippen LogP) is 0.826. The normalized spacial score (nSPS) is 23.5. The van der Waals surface area contributed by atoms with Gasteiger partial charge in [0.1, 0.15) is 18.1 Å². The zero-order chi connectivity index (χ0) is 23.4. The van der Waals surface area contributed by atoms with Gasteiger partial charge in [-0.2, -0.15) is 0 Å². The van der Waals surface area contributed by atoms with Gasteiger partial charge in [0.2, 0.25) is 18.1 Å². The van der Waals surface area contributed by atoms with Crippen molar-refractivity contribution in [3.05, 3.63) is 28.8 Å². The molecular weight excluding hydrogens is 440 g/mol. The molecule has 0 aromatic heterocycles. The molecule has 10 nitrogen and oxygen atoms in total. The number of nitrogens with two attached hydrogens (primary N) is 1. The number of amides is 3. The van der Waals surface area contributed by atoms with E-state index in [1.165, 1.54) is 23.1 Å². The molecule has 174 valence electrons. The monoisotopic (exact) mass is 466 g/mol. The first-order valence-electron chi connectivity index (χ1n) is 10.5. The number of carbonyl (C=O) groups is 4. The lowest BCUT2D eigenvalue weighted by Gasteiger charge is -2.28. The predicted molar refractivity (Wildman–Crippen MR) is 116 cm³/mol. The first-order valence-corrected chi connectivity index (χ1v) is 10.9. The Kier molecular flexibility index (Phi) is 7.57. The van der Waals surface area contributed by atoms with Gasteiger partial charge < -0.3 is 30.7 Å². The molecule has 0 bridgehead atoms. The van der Waals surface area contributed by atoms with Gasteiger partial charge >= 0.3 is 5.97 Å². The fourth-order valence-corrected chi connectivity index (χ4v) is 3.99. The van der Waals surface area contributed by atoms with E-state index in [4.69, 9.17) is 26.8 Å².